The van der Waals surface area contributed by atoms with Gasteiger partial charge in [-0.3, -0.25) is 0 Å². The first-order valence-electron chi connectivity index (χ1n) is 19.1. The first kappa shape index (κ1) is 36.6. The lowest BCUT2D eigenvalue weighted by Gasteiger charge is -2.41. The minimum Gasteiger partial charge on any atom is -0.453 e. The topological polar surface area (TPSA) is 162 Å². The van der Waals surface area contributed by atoms with Crippen LogP contribution in [0.25, 0.3) is 0 Å². The average molecular weight is 749 g/mol. The van der Waals surface area contributed by atoms with Crippen LogP contribution in [-0.2, 0) is 71.2 Å². The zero-order valence-electron chi connectivity index (χ0n) is 31.7. The lowest BCUT2D eigenvalue weighted by atomic mass is 9.62. The summed E-state index contributed by atoms with van der Waals surface area (Å²) >= 11 is 0. The van der Waals surface area contributed by atoms with Crippen LogP contribution >= 0.6 is 0 Å². The normalized spacial score (nSPS) is 48.1. The minimum atomic E-state index is -1.24. The summed E-state index contributed by atoms with van der Waals surface area (Å²) in [6.07, 6.45) is -3.32. The van der Waals surface area contributed by atoms with Gasteiger partial charge in [0.15, 0.2) is 60.1 Å². The fourth-order valence-corrected chi connectivity index (χ4v) is 10.8. The van der Waals surface area contributed by atoms with Gasteiger partial charge in [0.2, 0.25) is 0 Å². The van der Waals surface area contributed by atoms with E-state index in [1.165, 1.54) is 0 Å². The molecule has 0 N–H and O–H groups in total. The molecule has 0 radical (unpaired) electrons. The second kappa shape index (κ2) is 12.0. The van der Waals surface area contributed by atoms with Gasteiger partial charge >= 0.3 is 11.9 Å². The highest BCUT2D eigenvalue weighted by Crippen LogP contribution is 2.69. The third-order valence-electron chi connectivity index (χ3n) is 12.7. The van der Waals surface area contributed by atoms with E-state index in [-0.39, 0.29) is 30.3 Å². The molecule has 0 aromatic carbocycles. The molecule has 13 atom stereocenters. The van der Waals surface area contributed by atoms with Gasteiger partial charge in [-0.1, -0.05) is 6.42 Å². The van der Waals surface area contributed by atoms with Gasteiger partial charge in [0.1, 0.15) is 30.7 Å². The van der Waals surface area contributed by atoms with Gasteiger partial charge in [-0.2, -0.15) is 0 Å². The Morgan fingerprint density at radius 3 is 1.60 bits per heavy atom. The van der Waals surface area contributed by atoms with E-state index in [4.69, 9.17) is 56.8 Å². The number of fused-ring (bicyclic) bond motifs is 3. The molecule has 15 heteroatoms. The van der Waals surface area contributed by atoms with Gasteiger partial charge in [0.25, 0.3) is 0 Å². The number of ether oxygens (including phenoxy) is 12. The molecule has 294 valence electrons. The molecule has 9 rings (SSSR count). The molecule has 6 saturated heterocycles. The Kier molecular flexibility index (Phi) is 8.27. The SMILES string of the molecule is CC1(C)O[C@H]2O[C@H]([C@H]3COC(C)(C)O3)[C@H](OC(=O)C3=C(C(=O)O[C@@H]4[C@H]5OC(C)(C)O[C@H]5O[C@@H]4[C@H]4COC(C)(C)O4)[C@]45CCC[C@@H]4CC[C@@]3(C=O)C5)[C@H]2O1. The van der Waals surface area contributed by atoms with Crippen LogP contribution in [0, 0.1) is 16.7 Å². The Labute approximate surface area is 308 Å². The second-order valence-corrected chi connectivity index (χ2v) is 18.1. The van der Waals surface area contributed by atoms with E-state index >= 15 is 4.79 Å². The van der Waals surface area contributed by atoms with E-state index < -0.39 is 107 Å². The summed E-state index contributed by atoms with van der Waals surface area (Å²) in [5.41, 5.74) is -1.73. The summed E-state index contributed by atoms with van der Waals surface area (Å²) < 4.78 is 74.1. The molecule has 15 nitrogen and oxygen atoms in total. The van der Waals surface area contributed by atoms with Gasteiger partial charge in [0, 0.05) is 5.41 Å². The van der Waals surface area contributed by atoms with Gasteiger partial charge in [-0.25, -0.2) is 9.59 Å². The maximum Gasteiger partial charge on any atom is 0.336 e. The van der Waals surface area contributed by atoms with Crippen LogP contribution in [0.3, 0.4) is 0 Å². The van der Waals surface area contributed by atoms with E-state index in [0.29, 0.717) is 25.7 Å². The summed E-state index contributed by atoms with van der Waals surface area (Å²) in [4.78, 5) is 43.3. The molecule has 8 fully saturated rings. The maximum atomic E-state index is 15.0. The number of esters is 2. The quantitative estimate of drug-likeness (QED) is 0.275. The van der Waals surface area contributed by atoms with E-state index in [1.807, 2.05) is 0 Å². The zero-order chi connectivity index (χ0) is 37.5. The molecular weight excluding hydrogens is 696 g/mol. The predicted molar refractivity (Wildman–Crippen MR) is 176 cm³/mol. The van der Waals surface area contributed by atoms with Gasteiger partial charge in [-0.05, 0) is 93.4 Å². The Hall–Kier alpha value is -2.05. The Bertz CT molecular complexity index is 1590. The zero-order valence-corrected chi connectivity index (χ0v) is 31.7. The molecule has 0 aromatic rings. The molecule has 0 unspecified atom stereocenters. The van der Waals surface area contributed by atoms with Crippen LogP contribution < -0.4 is 0 Å². The van der Waals surface area contributed by atoms with E-state index in [1.54, 1.807) is 55.4 Å². The molecule has 0 aromatic heterocycles. The van der Waals surface area contributed by atoms with E-state index in [2.05, 4.69) is 0 Å². The Balaban J connectivity index is 1.08. The number of hydrogen-bond acceptors (Lipinski definition) is 15. The highest BCUT2D eigenvalue weighted by atomic mass is 16.9. The number of rotatable bonds is 7. The molecule has 6 heterocycles. The van der Waals surface area contributed by atoms with Crippen molar-refractivity contribution in [1.82, 2.24) is 0 Å². The largest absolute Gasteiger partial charge is 0.453 e. The number of carbonyl (C=O) groups excluding carboxylic acids is 3. The van der Waals surface area contributed by atoms with E-state index in [0.717, 1.165) is 19.1 Å². The van der Waals surface area contributed by atoms with Gasteiger partial charge < -0.3 is 61.6 Å². The molecule has 2 saturated carbocycles. The smallest absolute Gasteiger partial charge is 0.336 e. The van der Waals surface area contributed by atoms with Crippen molar-refractivity contribution in [1.29, 1.82) is 0 Å². The molecule has 1 spiro atoms. The van der Waals surface area contributed by atoms with Crippen LogP contribution in [0.4, 0.5) is 0 Å². The summed E-state index contributed by atoms with van der Waals surface area (Å²) in [6, 6.07) is 0. The summed E-state index contributed by atoms with van der Waals surface area (Å²) in [5.74, 6) is -5.14. The van der Waals surface area contributed by atoms with Crippen molar-refractivity contribution in [2.24, 2.45) is 16.7 Å². The second-order valence-electron chi connectivity index (χ2n) is 18.1. The molecule has 9 aliphatic rings. The third-order valence-corrected chi connectivity index (χ3v) is 12.7. The maximum absolute atomic E-state index is 15.0. The van der Waals surface area contributed by atoms with Crippen LogP contribution in [-0.4, -0.2) is 116 Å². The average Bonchev–Trinajstić information content (AvgIpc) is 3.93. The molecule has 2 bridgehead atoms. The van der Waals surface area contributed by atoms with Crippen molar-refractivity contribution < 1.29 is 71.2 Å². The summed E-state index contributed by atoms with van der Waals surface area (Å²) in [5, 5.41) is 0. The fourth-order valence-electron chi connectivity index (χ4n) is 10.8. The summed E-state index contributed by atoms with van der Waals surface area (Å²) in [7, 11) is 0. The van der Waals surface area contributed by atoms with Crippen molar-refractivity contribution in [2.45, 2.75) is 178 Å². The van der Waals surface area contributed by atoms with E-state index in [9.17, 15) is 9.59 Å². The molecule has 3 aliphatic carbocycles. The lowest BCUT2D eigenvalue weighted by Crippen LogP contribution is -2.46. The van der Waals surface area contributed by atoms with Gasteiger partial charge in [-0.15, -0.1) is 0 Å². The molecule has 0 amide bonds. The Morgan fingerprint density at radius 1 is 0.623 bits per heavy atom. The number of hydrogen-bond donors (Lipinski definition) is 0. The van der Waals surface area contributed by atoms with Crippen molar-refractivity contribution in [2.75, 3.05) is 13.2 Å². The first-order chi connectivity index (χ1) is 24.8. The summed E-state index contributed by atoms with van der Waals surface area (Å²) in [6.45, 7) is 14.6. The van der Waals surface area contributed by atoms with Crippen molar-refractivity contribution in [3.8, 4) is 0 Å². The van der Waals surface area contributed by atoms with Gasteiger partial charge in [0.05, 0.1) is 29.8 Å². The Morgan fingerprint density at radius 2 is 1.13 bits per heavy atom. The van der Waals surface area contributed by atoms with Crippen LogP contribution in [0.1, 0.15) is 93.9 Å². The molecule has 6 aliphatic heterocycles. The van der Waals surface area contributed by atoms with Crippen molar-refractivity contribution in [3.63, 3.8) is 0 Å². The van der Waals surface area contributed by atoms with Crippen molar-refractivity contribution >= 4 is 18.2 Å². The number of aldehydes is 1. The minimum absolute atomic E-state index is 0.0451. The van der Waals surface area contributed by atoms with Crippen LogP contribution in [0.15, 0.2) is 11.1 Å². The van der Waals surface area contributed by atoms with Crippen molar-refractivity contribution in [3.05, 3.63) is 11.1 Å². The predicted octanol–water partition coefficient (Wildman–Crippen LogP) is 3.33. The number of carbonyl (C=O) groups is 3. The standard InChI is InChI=1S/C38H52O15/c1-33(2)42-14-19(48-33)23-25(27-31(46-23)52-35(5,6)50-27)44-29(40)21-22(38-12-9-10-18(38)11-13-37(21,16-38)17-39)30(41)45-26-24(20-15-43-34(3,4)49-20)47-32-28(26)51-36(7,8)53-32/h17-20,23-28,31-32H,9-16H2,1-8H3/t18-,19-,20-,23-,24-,25+,26+,27-,28-,31-,32-,37+,38+/m1/s1. The highest BCUT2D eigenvalue weighted by Gasteiger charge is 2.68. The third kappa shape index (κ3) is 5.86. The molecular formula is C38H52O15. The first-order valence-corrected chi connectivity index (χ1v) is 19.1. The lowest BCUT2D eigenvalue weighted by molar-refractivity contribution is -0.235. The highest BCUT2D eigenvalue weighted by molar-refractivity contribution is 6.07. The van der Waals surface area contributed by atoms with Crippen LogP contribution in [0.2, 0.25) is 0 Å². The molecule has 53 heavy (non-hydrogen) atoms. The van der Waals surface area contributed by atoms with Crippen LogP contribution in [0.5, 0.6) is 0 Å². The monoisotopic (exact) mass is 748 g/mol. The fraction of sp³-hybridized carbons (Fsp3) is 0.868.